The summed E-state index contributed by atoms with van der Waals surface area (Å²) < 4.78 is 0. The van der Waals surface area contributed by atoms with Crippen molar-refractivity contribution in [3.8, 4) is 0 Å². The van der Waals surface area contributed by atoms with Crippen LogP contribution in [0.5, 0.6) is 0 Å². The molecule has 0 spiro atoms. The molecule has 1 aliphatic rings. The molecule has 4 rings (SSSR count). The maximum absolute atomic E-state index is 12.7. The van der Waals surface area contributed by atoms with E-state index in [2.05, 4.69) is 9.97 Å². The Labute approximate surface area is 147 Å². The Balaban J connectivity index is 1.89. The molecule has 0 saturated heterocycles. The lowest BCUT2D eigenvalue weighted by Gasteiger charge is -2.22. The zero-order valence-corrected chi connectivity index (χ0v) is 14.2. The number of aromatic amines is 1. The average Bonchev–Trinajstić information content (AvgIpc) is 3.33. The van der Waals surface area contributed by atoms with Crippen molar-refractivity contribution in [1.29, 1.82) is 0 Å². The molecule has 0 fully saturated rings. The van der Waals surface area contributed by atoms with Gasteiger partial charge in [0.25, 0.3) is 5.91 Å². The van der Waals surface area contributed by atoms with Crippen LogP contribution in [-0.4, -0.2) is 26.8 Å². The summed E-state index contributed by atoms with van der Waals surface area (Å²) >= 11 is 1.43. The highest BCUT2D eigenvalue weighted by molar-refractivity contribution is 7.10. The largest absolute Gasteiger partial charge is 0.503 e. The quantitative estimate of drug-likeness (QED) is 0.751. The Bertz CT molecular complexity index is 971. The first-order valence-electron chi connectivity index (χ1n) is 7.90. The second-order valence-electron chi connectivity index (χ2n) is 5.71. The third-order valence-electron chi connectivity index (χ3n) is 4.25. The highest BCUT2D eigenvalue weighted by atomic mass is 32.1. The summed E-state index contributed by atoms with van der Waals surface area (Å²) in [4.78, 5) is 34.9. The molecule has 126 valence electrons. The number of aromatic nitrogens is 2. The normalized spacial score (nSPS) is 17.7. The first kappa shape index (κ1) is 15.6. The summed E-state index contributed by atoms with van der Waals surface area (Å²) in [5.41, 5.74) is 1.63. The molecule has 1 aromatic carbocycles. The Hall–Kier alpha value is -2.93. The molecule has 1 atom stereocenters. The first-order valence-corrected chi connectivity index (χ1v) is 8.77. The number of carbonyl (C=O) groups is 2. The number of aliphatic hydroxyl groups is 1. The highest BCUT2D eigenvalue weighted by Gasteiger charge is 2.45. The number of carbonyl (C=O) groups excluding carboxylic acids is 2. The van der Waals surface area contributed by atoms with Crippen molar-refractivity contribution < 1.29 is 14.7 Å². The molecule has 6 nitrogen and oxygen atoms in total. The number of hydrogen-bond acceptors (Lipinski definition) is 5. The van der Waals surface area contributed by atoms with E-state index < -0.39 is 17.7 Å². The number of amides is 1. The molecular weight excluding hydrogens is 338 g/mol. The minimum Gasteiger partial charge on any atom is -0.503 e. The third-order valence-corrected chi connectivity index (χ3v) is 5.17. The topological polar surface area (TPSA) is 86.3 Å². The number of aliphatic hydroxyl groups excluding tert-OH is 1. The molecule has 0 radical (unpaired) electrons. The number of thiophene rings is 1. The van der Waals surface area contributed by atoms with Gasteiger partial charge in [0.2, 0.25) is 5.95 Å². The lowest BCUT2D eigenvalue weighted by Crippen LogP contribution is -2.31. The van der Waals surface area contributed by atoms with Crippen molar-refractivity contribution in [2.45, 2.75) is 19.4 Å². The SMILES string of the molecule is CCC(=O)C1=C(O)C(=O)N(c2nc3ccccc3[nH]2)C1c1cccs1. The molecule has 25 heavy (non-hydrogen) atoms. The summed E-state index contributed by atoms with van der Waals surface area (Å²) in [6.07, 6.45) is 0.211. The number of para-hydroxylation sites is 2. The molecule has 0 bridgehead atoms. The van der Waals surface area contributed by atoms with Gasteiger partial charge in [0.1, 0.15) is 6.04 Å². The van der Waals surface area contributed by atoms with Crippen molar-refractivity contribution in [3.63, 3.8) is 0 Å². The molecule has 1 unspecified atom stereocenters. The van der Waals surface area contributed by atoms with Gasteiger partial charge < -0.3 is 10.1 Å². The molecule has 2 aromatic heterocycles. The second kappa shape index (κ2) is 5.86. The number of imidazole rings is 1. The van der Waals surface area contributed by atoms with Gasteiger partial charge in [0.15, 0.2) is 11.5 Å². The summed E-state index contributed by atoms with van der Waals surface area (Å²) in [7, 11) is 0. The van der Waals surface area contributed by atoms with Gasteiger partial charge in [0, 0.05) is 11.3 Å². The predicted molar refractivity (Wildman–Crippen MR) is 95.6 cm³/mol. The fraction of sp³-hybridized carbons (Fsp3) is 0.167. The van der Waals surface area contributed by atoms with Crippen molar-refractivity contribution in [3.05, 3.63) is 58.0 Å². The maximum atomic E-state index is 12.7. The molecule has 1 aliphatic heterocycles. The highest BCUT2D eigenvalue weighted by Crippen LogP contribution is 2.42. The lowest BCUT2D eigenvalue weighted by molar-refractivity contribution is -0.118. The van der Waals surface area contributed by atoms with Crippen LogP contribution in [0.3, 0.4) is 0 Å². The van der Waals surface area contributed by atoms with Crippen LogP contribution in [0, 0.1) is 0 Å². The third kappa shape index (κ3) is 2.35. The average molecular weight is 353 g/mol. The zero-order chi connectivity index (χ0) is 17.6. The van der Waals surface area contributed by atoms with Crippen LogP contribution in [0.1, 0.15) is 24.3 Å². The molecule has 3 aromatic rings. The van der Waals surface area contributed by atoms with E-state index in [-0.39, 0.29) is 17.8 Å². The monoisotopic (exact) mass is 353 g/mol. The number of hydrogen-bond donors (Lipinski definition) is 2. The summed E-state index contributed by atoms with van der Waals surface area (Å²) in [5, 5.41) is 12.2. The van der Waals surface area contributed by atoms with Crippen LogP contribution in [0.2, 0.25) is 0 Å². The Morgan fingerprint density at radius 3 is 2.80 bits per heavy atom. The Kier molecular flexibility index (Phi) is 3.65. The van der Waals surface area contributed by atoms with Crippen LogP contribution in [0.4, 0.5) is 5.95 Å². The van der Waals surface area contributed by atoms with E-state index in [1.807, 2.05) is 41.8 Å². The summed E-state index contributed by atoms with van der Waals surface area (Å²) in [5.74, 6) is -1.04. The number of Topliss-reactive ketones (excluding diaryl/α,β-unsaturated/α-hetero) is 1. The maximum Gasteiger partial charge on any atom is 0.296 e. The van der Waals surface area contributed by atoms with Crippen LogP contribution in [-0.2, 0) is 9.59 Å². The zero-order valence-electron chi connectivity index (χ0n) is 13.4. The van der Waals surface area contributed by atoms with Crippen molar-refractivity contribution in [1.82, 2.24) is 9.97 Å². The van der Waals surface area contributed by atoms with Gasteiger partial charge in [-0.05, 0) is 23.6 Å². The fourth-order valence-corrected chi connectivity index (χ4v) is 3.89. The van der Waals surface area contributed by atoms with Gasteiger partial charge in [-0.15, -0.1) is 11.3 Å². The molecule has 0 saturated carbocycles. The lowest BCUT2D eigenvalue weighted by atomic mass is 10.0. The smallest absolute Gasteiger partial charge is 0.296 e. The van der Waals surface area contributed by atoms with E-state index in [9.17, 15) is 14.7 Å². The minimum atomic E-state index is -0.666. The van der Waals surface area contributed by atoms with Crippen molar-refractivity contribution in [2.75, 3.05) is 4.90 Å². The second-order valence-corrected chi connectivity index (χ2v) is 6.69. The number of H-pyrrole nitrogens is 1. The van der Waals surface area contributed by atoms with Gasteiger partial charge in [-0.2, -0.15) is 0 Å². The standard InChI is InChI=1S/C18H15N3O3S/c1-2-12(22)14-15(13-8-5-9-25-13)21(17(24)16(14)23)18-19-10-6-3-4-7-11(10)20-18/h3-9,15,23H,2H2,1H3,(H,19,20). The number of rotatable bonds is 4. The number of nitrogens with one attached hydrogen (secondary N) is 1. The molecular formula is C18H15N3O3S. The van der Waals surface area contributed by atoms with Gasteiger partial charge >= 0.3 is 0 Å². The van der Waals surface area contributed by atoms with Crippen LogP contribution in [0.25, 0.3) is 11.0 Å². The van der Waals surface area contributed by atoms with Crippen molar-refractivity contribution in [2.24, 2.45) is 0 Å². The van der Waals surface area contributed by atoms with Gasteiger partial charge in [-0.3, -0.25) is 14.5 Å². The van der Waals surface area contributed by atoms with Crippen molar-refractivity contribution >= 4 is 40.0 Å². The Morgan fingerprint density at radius 2 is 2.12 bits per heavy atom. The van der Waals surface area contributed by atoms with E-state index in [1.165, 1.54) is 16.2 Å². The fourth-order valence-electron chi connectivity index (χ4n) is 3.07. The van der Waals surface area contributed by atoms with Gasteiger partial charge in [-0.1, -0.05) is 25.1 Å². The van der Waals surface area contributed by atoms with E-state index in [0.717, 1.165) is 10.4 Å². The van der Waals surface area contributed by atoms with E-state index in [0.29, 0.717) is 11.5 Å². The number of benzene rings is 1. The summed E-state index contributed by atoms with van der Waals surface area (Å²) in [6.45, 7) is 1.71. The number of anilines is 1. The van der Waals surface area contributed by atoms with E-state index in [1.54, 1.807) is 6.92 Å². The Morgan fingerprint density at radius 1 is 1.32 bits per heavy atom. The van der Waals surface area contributed by atoms with E-state index >= 15 is 0 Å². The molecule has 2 N–H and O–H groups in total. The van der Waals surface area contributed by atoms with Crippen LogP contribution >= 0.6 is 11.3 Å². The molecule has 7 heteroatoms. The van der Waals surface area contributed by atoms with Gasteiger partial charge in [-0.25, -0.2) is 4.98 Å². The predicted octanol–water partition coefficient (Wildman–Crippen LogP) is 3.50. The van der Waals surface area contributed by atoms with Gasteiger partial charge in [0.05, 0.1) is 16.6 Å². The van der Waals surface area contributed by atoms with Crippen LogP contribution < -0.4 is 4.90 Å². The number of nitrogens with zero attached hydrogens (tertiary/aromatic N) is 2. The number of fused-ring (bicyclic) bond motifs is 1. The number of ketones is 1. The molecule has 0 aliphatic carbocycles. The molecule has 3 heterocycles. The summed E-state index contributed by atoms with van der Waals surface area (Å²) in [6, 6.07) is 10.5. The first-order chi connectivity index (χ1) is 12.1. The van der Waals surface area contributed by atoms with E-state index in [4.69, 9.17) is 0 Å². The molecule has 1 amide bonds. The minimum absolute atomic E-state index is 0.135. The van der Waals surface area contributed by atoms with Crippen LogP contribution in [0.15, 0.2) is 53.1 Å².